The third-order valence-corrected chi connectivity index (χ3v) is 5.47. The Hall–Kier alpha value is -2.42. The zero-order valence-corrected chi connectivity index (χ0v) is 16.7. The molecule has 0 saturated carbocycles. The monoisotopic (exact) mass is 414 g/mol. The molecule has 1 fully saturated rings. The summed E-state index contributed by atoms with van der Waals surface area (Å²) in [5.74, 6) is 0.357. The lowest BCUT2D eigenvalue weighted by atomic mass is 9.97. The van der Waals surface area contributed by atoms with Crippen molar-refractivity contribution in [3.8, 4) is 0 Å². The Labute approximate surface area is 172 Å². The van der Waals surface area contributed by atoms with Crippen molar-refractivity contribution in [3.63, 3.8) is 0 Å². The molecule has 9 heteroatoms. The Morgan fingerprint density at radius 1 is 1.29 bits per heavy atom. The number of amides is 1. The van der Waals surface area contributed by atoms with Crippen molar-refractivity contribution < 1.29 is 4.79 Å². The summed E-state index contributed by atoms with van der Waals surface area (Å²) in [6, 6.07) is 11.1. The molecular formula is C19H19ClN6OS. The van der Waals surface area contributed by atoms with Crippen molar-refractivity contribution in [2.75, 3.05) is 18.4 Å². The first kappa shape index (κ1) is 18.9. The third kappa shape index (κ3) is 4.19. The number of piperidine rings is 1. The van der Waals surface area contributed by atoms with Crippen LogP contribution in [-0.4, -0.2) is 43.9 Å². The molecule has 4 rings (SSSR count). The second kappa shape index (κ2) is 8.30. The molecule has 0 bridgehead atoms. The van der Waals surface area contributed by atoms with E-state index in [1.54, 1.807) is 16.8 Å². The molecule has 1 amide bonds. The maximum atomic E-state index is 12.6. The Bertz CT molecular complexity index is 1050. The fourth-order valence-corrected chi connectivity index (χ4v) is 3.76. The van der Waals surface area contributed by atoms with E-state index in [4.69, 9.17) is 23.8 Å². The average molecular weight is 415 g/mol. The highest BCUT2D eigenvalue weighted by Gasteiger charge is 2.26. The molecule has 7 nitrogen and oxygen atoms in total. The molecule has 1 aliphatic heterocycles. The van der Waals surface area contributed by atoms with Gasteiger partial charge in [0.25, 0.3) is 0 Å². The van der Waals surface area contributed by atoms with Crippen molar-refractivity contribution >= 4 is 46.4 Å². The van der Waals surface area contributed by atoms with E-state index in [-0.39, 0.29) is 11.8 Å². The molecule has 144 valence electrons. The number of pyridine rings is 1. The lowest BCUT2D eigenvalue weighted by molar-refractivity contribution is -0.121. The van der Waals surface area contributed by atoms with Crippen LogP contribution in [0.1, 0.15) is 12.8 Å². The smallest absolute Gasteiger partial charge is 0.229 e. The fraction of sp³-hybridized carbons (Fsp3) is 0.316. The number of rotatable bonds is 4. The molecule has 1 atom stereocenters. The number of nitrogens with zero attached hydrogens (tertiary/aromatic N) is 5. The number of hydrogen-bond donors (Lipinski definition) is 1. The Kier molecular flexibility index (Phi) is 5.61. The van der Waals surface area contributed by atoms with Gasteiger partial charge in [-0.2, -0.15) is 0 Å². The number of benzene rings is 1. The number of hydrogen-bond acceptors (Lipinski definition) is 6. The topological polar surface area (TPSA) is 75.9 Å². The van der Waals surface area contributed by atoms with E-state index in [0.29, 0.717) is 28.7 Å². The highest BCUT2D eigenvalue weighted by molar-refractivity contribution is 7.71. The van der Waals surface area contributed by atoms with E-state index < -0.39 is 0 Å². The van der Waals surface area contributed by atoms with Gasteiger partial charge in [0.05, 0.1) is 23.1 Å². The van der Waals surface area contributed by atoms with E-state index in [1.165, 1.54) is 6.20 Å². The van der Waals surface area contributed by atoms with Crippen molar-refractivity contribution in [2.24, 2.45) is 5.92 Å². The second-order valence-corrected chi connectivity index (χ2v) is 7.64. The van der Waals surface area contributed by atoms with E-state index >= 15 is 0 Å². The van der Waals surface area contributed by atoms with Gasteiger partial charge in [0.15, 0.2) is 0 Å². The molecule has 1 aliphatic rings. The van der Waals surface area contributed by atoms with Crippen LogP contribution in [-0.2, 0) is 11.5 Å². The van der Waals surface area contributed by atoms with Crippen LogP contribution in [0.2, 0.25) is 5.02 Å². The number of carbonyl (C=O) groups is 1. The molecule has 3 heterocycles. The van der Waals surface area contributed by atoms with Crippen LogP contribution in [0.15, 0.2) is 42.6 Å². The summed E-state index contributed by atoms with van der Waals surface area (Å²) >= 11 is 11.4. The van der Waals surface area contributed by atoms with Crippen LogP contribution in [0.3, 0.4) is 0 Å². The standard InChI is InChI=1S/C19H19ClN6OS/c20-14-7-8-17(21-10-14)22-18(27)13-4-3-9-25(11-13)12-26-19(28)15-5-1-2-6-16(15)23-24-26/h1-2,5-8,10,13H,3-4,9,11-12H2,(H,21,22,27). The Morgan fingerprint density at radius 2 is 2.14 bits per heavy atom. The maximum Gasteiger partial charge on any atom is 0.229 e. The summed E-state index contributed by atoms with van der Waals surface area (Å²) in [5.41, 5.74) is 0.787. The van der Waals surface area contributed by atoms with Gasteiger partial charge in [-0.25, -0.2) is 9.67 Å². The highest BCUT2D eigenvalue weighted by atomic mass is 35.5. The summed E-state index contributed by atoms with van der Waals surface area (Å²) in [5, 5.41) is 12.8. The second-order valence-electron chi connectivity index (χ2n) is 6.82. The van der Waals surface area contributed by atoms with Gasteiger partial charge in [-0.3, -0.25) is 9.69 Å². The van der Waals surface area contributed by atoms with Crippen LogP contribution >= 0.6 is 23.8 Å². The van der Waals surface area contributed by atoms with Gasteiger partial charge in [0.2, 0.25) is 5.91 Å². The highest BCUT2D eigenvalue weighted by Crippen LogP contribution is 2.20. The number of anilines is 1. The third-order valence-electron chi connectivity index (χ3n) is 4.82. The van der Waals surface area contributed by atoms with Gasteiger partial charge < -0.3 is 5.32 Å². The number of aromatic nitrogens is 4. The lowest BCUT2D eigenvalue weighted by Gasteiger charge is -2.31. The summed E-state index contributed by atoms with van der Waals surface area (Å²) < 4.78 is 2.38. The van der Waals surface area contributed by atoms with Crippen molar-refractivity contribution in [1.82, 2.24) is 24.9 Å². The first-order valence-electron chi connectivity index (χ1n) is 9.07. The fourth-order valence-electron chi connectivity index (χ4n) is 3.38. The summed E-state index contributed by atoms with van der Waals surface area (Å²) in [6.07, 6.45) is 3.29. The molecule has 1 saturated heterocycles. The van der Waals surface area contributed by atoms with Crippen LogP contribution in [0.4, 0.5) is 5.82 Å². The molecule has 0 spiro atoms. The van der Waals surface area contributed by atoms with E-state index in [0.717, 1.165) is 30.3 Å². The first-order chi connectivity index (χ1) is 13.6. The first-order valence-corrected chi connectivity index (χ1v) is 9.86. The molecule has 0 aliphatic carbocycles. The van der Waals surface area contributed by atoms with Crippen LogP contribution in [0.5, 0.6) is 0 Å². The van der Waals surface area contributed by atoms with Crippen molar-refractivity contribution in [3.05, 3.63) is 52.3 Å². The minimum atomic E-state index is -0.117. The van der Waals surface area contributed by atoms with Crippen LogP contribution in [0.25, 0.3) is 10.9 Å². The summed E-state index contributed by atoms with van der Waals surface area (Å²) in [6.45, 7) is 2.04. The molecule has 1 N–H and O–H groups in total. The number of likely N-dealkylation sites (tertiary alicyclic amines) is 1. The van der Waals surface area contributed by atoms with Crippen molar-refractivity contribution in [2.45, 2.75) is 19.5 Å². The summed E-state index contributed by atoms with van der Waals surface area (Å²) in [7, 11) is 0. The normalized spacial score (nSPS) is 17.5. The predicted octanol–water partition coefficient (Wildman–Crippen LogP) is 3.52. The summed E-state index contributed by atoms with van der Waals surface area (Å²) in [4.78, 5) is 18.9. The molecule has 1 unspecified atom stereocenters. The van der Waals surface area contributed by atoms with E-state index in [1.807, 2.05) is 24.3 Å². The van der Waals surface area contributed by atoms with Gasteiger partial charge in [-0.15, -0.1) is 5.10 Å². The van der Waals surface area contributed by atoms with E-state index in [9.17, 15) is 4.79 Å². The molecule has 28 heavy (non-hydrogen) atoms. The average Bonchev–Trinajstić information content (AvgIpc) is 2.72. The zero-order valence-electron chi connectivity index (χ0n) is 15.1. The van der Waals surface area contributed by atoms with Crippen molar-refractivity contribution in [1.29, 1.82) is 0 Å². The number of fused-ring (bicyclic) bond motifs is 1. The lowest BCUT2D eigenvalue weighted by Crippen LogP contribution is -2.42. The van der Waals surface area contributed by atoms with Crippen LogP contribution in [0, 0.1) is 10.6 Å². The van der Waals surface area contributed by atoms with Gasteiger partial charge in [0.1, 0.15) is 10.5 Å². The predicted molar refractivity (Wildman–Crippen MR) is 111 cm³/mol. The van der Waals surface area contributed by atoms with Gasteiger partial charge >= 0.3 is 0 Å². The minimum absolute atomic E-state index is 0.0345. The molecular weight excluding hydrogens is 396 g/mol. The Balaban J connectivity index is 1.44. The maximum absolute atomic E-state index is 12.6. The SMILES string of the molecule is O=C(Nc1ccc(Cl)cn1)C1CCCN(Cn2nnc3ccccc3c2=S)C1. The number of nitrogens with one attached hydrogen (secondary N) is 1. The number of halogens is 1. The Morgan fingerprint density at radius 3 is 2.96 bits per heavy atom. The molecule has 3 aromatic rings. The largest absolute Gasteiger partial charge is 0.310 e. The van der Waals surface area contributed by atoms with E-state index in [2.05, 4.69) is 25.5 Å². The molecule has 0 radical (unpaired) electrons. The quantitative estimate of drug-likeness (QED) is 0.658. The minimum Gasteiger partial charge on any atom is -0.310 e. The molecule has 1 aromatic carbocycles. The van der Waals surface area contributed by atoms with Gasteiger partial charge in [-0.05, 0) is 43.7 Å². The van der Waals surface area contributed by atoms with Crippen LogP contribution < -0.4 is 5.32 Å². The molecule has 2 aromatic heterocycles. The van der Waals surface area contributed by atoms with Gasteiger partial charge in [-0.1, -0.05) is 41.2 Å². The zero-order chi connectivity index (χ0) is 19.5. The van der Waals surface area contributed by atoms with Gasteiger partial charge in [0, 0.05) is 18.1 Å². The number of carbonyl (C=O) groups excluding carboxylic acids is 1.